The summed E-state index contributed by atoms with van der Waals surface area (Å²) >= 11 is 1.59. The number of amides is 1. The molecule has 1 fully saturated rings. The molecule has 1 aliphatic heterocycles. The molecule has 0 N–H and O–H groups in total. The van der Waals surface area contributed by atoms with Gasteiger partial charge in [-0.1, -0.05) is 44.2 Å². The van der Waals surface area contributed by atoms with Gasteiger partial charge in [0, 0.05) is 18.8 Å². The molecule has 0 bridgehead atoms. The Morgan fingerprint density at radius 1 is 1.29 bits per heavy atom. The molecule has 1 aromatic carbocycles. The first kappa shape index (κ1) is 19.3. The number of rotatable bonds is 7. The summed E-state index contributed by atoms with van der Waals surface area (Å²) in [6, 6.07) is 10.1. The number of thioether (sulfide) groups is 1. The van der Waals surface area contributed by atoms with Crippen molar-refractivity contribution < 1.29 is 13.2 Å². The minimum absolute atomic E-state index is 0.0559. The molecule has 1 saturated heterocycles. The van der Waals surface area contributed by atoms with Gasteiger partial charge in [0.2, 0.25) is 5.91 Å². The molecule has 0 spiro atoms. The van der Waals surface area contributed by atoms with Crippen LogP contribution in [0.4, 0.5) is 0 Å². The molecule has 134 valence electrons. The van der Waals surface area contributed by atoms with Crippen LogP contribution in [0.1, 0.15) is 32.3 Å². The lowest BCUT2D eigenvalue weighted by atomic mass is 10.1. The van der Waals surface area contributed by atoms with Gasteiger partial charge in [-0.3, -0.25) is 4.79 Å². The predicted molar refractivity (Wildman–Crippen MR) is 101 cm³/mol. The first-order valence-electron chi connectivity index (χ1n) is 8.49. The van der Waals surface area contributed by atoms with E-state index in [2.05, 4.69) is 0 Å². The predicted octanol–water partition coefficient (Wildman–Crippen LogP) is 2.98. The molecule has 0 radical (unpaired) electrons. The molecule has 1 aromatic rings. The van der Waals surface area contributed by atoms with Crippen molar-refractivity contribution in [2.45, 2.75) is 37.7 Å². The van der Waals surface area contributed by atoms with Crippen LogP contribution >= 0.6 is 11.8 Å². The van der Waals surface area contributed by atoms with Crippen LogP contribution in [-0.4, -0.2) is 49.1 Å². The molecule has 0 aliphatic carbocycles. The highest BCUT2D eigenvalue weighted by Gasteiger charge is 2.32. The van der Waals surface area contributed by atoms with E-state index in [-0.39, 0.29) is 17.6 Å². The van der Waals surface area contributed by atoms with E-state index in [4.69, 9.17) is 0 Å². The quantitative estimate of drug-likeness (QED) is 0.741. The Bertz CT molecular complexity index is 629. The number of sulfone groups is 1. The monoisotopic (exact) mass is 369 g/mol. The standard InChI is InChI=1S/C18H27NO3S2/c1-15(2)14-24(21,22)17-9-6-10-19(11-17)18(20)13-23-12-16-7-4-3-5-8-16/h3-5,7-8,15,17H,6,9-14H2,1-2H3/t17-/m1/s1. The fourth-order valence-corrected chi connectivity index (χ4v) is 6.00. The van der Waals surface area contributed by atoms with Gasteiger partial charge in [0.1, 0.15) is 0 Å². The lowest BCUT2D eigenvalue weighted by molar-refractivity contribution is -0.129. The smallest absolute Gasteiger partial charge is 0.232 e. The zero-order chi connectivity index (χ0) is 17.6. The van der Waals surface area contributed by atoms with Gasteiger partial charge < -0.3 is 4.90 Å². The van der Waals surface area contributed by atoms with E-state index in [1.165, 1.54) is 5.56 Å². The van der Waals surface area contributed by atoms with Crippen LogP contribution in [0.5, 0.6) is 0 Å². The Kier molecular flexibility index (Phi) is 7.16. The van der Waals surface area contributed by atoms with Crippen molar-refractivity contribution in [3.63, 3.8) is 0 Å². The third-order valence-electron chi connectivity index (χ3n) is 4.14. The Labute approximate surface area is 149 Å². The Hall–Kier alpha value is -1.01. The Morgan fingerprint density at radius 2 is 2.00 bits per heavy atom. The van der Waals surface area contributed by atoms with E-state index in [0.717, 1.165) is 12.2 Å². The Morgan fingerprint density at radius 3 is 2.67 bits per heavy atom. The van der Waals surface area contributed by atoms with Crippen molar-refractivity contribution in [3.8, 4) is 0 Å². The minimum Gasteiger partial charge on any atom is -0.341 e. The molecule has 1 aliphatic rings. The molecule has 6 heteroatoms. The van der Waals surface area contributed by atoms with Gasteiger partial charge in [0.25, 0.3) is 0 Å². The second-order valence-electron chi connectivity index (χ2n) is 6.81. The first-order chi connectivity index (χ1) is 11.4. The normalized spacial score (nSPS) is 18.8. The Balaban J connectivity index is 1.84. The van der Waals surface area contributed by atoms with Crippen LogP contribution in [-0.2, 0) is 20.4 Å². The largest absolute Gasteiger partial charge is 0.341 e. The van der Waals surface area contributed by atoms with Crippen LogP contribution in [0.25, 0.3) is 0 Å². The van der Waals surface area contributed by atoms with Gasteiger partial charge in [-0.2, -0.15) is 0 Å². The van der Waals surface area contributed by atoms with Crippen molar-refractivity contribution in [2.75, 3.05) is 24.6 Å². The summed E-state index contributed by atoms with van der Waals surface area (Å²) in [6.45, 7) is 4.88. The summed E-state index contributed by atoms with van der Waals surface area (Å²) in [7, 11) is -3.11. The highest BCUT2D eigenvalue weighted by Crippen LogP contribution is 2.21. The van der Waals surface area contributed by atoms with Gasteiger partial charge >= 0.3 is 0 Å². The highest BCUT2D eigenvalue weighted by atomic mass is 32.2. The van der Waals surface area contributed by atoms with E-state index < -0.39 is 15.1 Å². The highest BCUT2D eigenvalue weighted by molar-refractivity contribution is 7.99. The molecule has 0 unspecified atom stereocenters. The summed E-state index contributed by atoms with van der Waals surface area (Å²) in [5, 5.41) is -0.392. The summed E-state index contributed by atoms with van der Waals surface area (Å²) < 4.78 is 24.8. The molecule has 1 atom stereocenters. The fraction of sp³-hybridized carbons (Fsp3) is 0.611. The maximum Gasteiger partial charge on any atom is 0.232 e. The number of hydrogen-bond acceptors (Lipinski definition) is 4. The van der Waals surface area contributed by atoms with E-state index in [1.54, 1.807) is 16.7 Å². The topological polar surface area (TPSA) is 54.5 Å². The third kappa shape index (κ3) is 5.81. The maximum atomic E-state index is 12.4. The van der Waals surface area contributed by atoms with Gasteiger partial charge in [-0.05, 0) is 24.3 Å². The number of likely N-dealkylation sites (tertiary alicyclic amines) is 1. The number of hydrogen-bond donors (Lipinski definition) is 0. The first-order valence-corrected chi connectivity index (χ1v) is 11.4. The lowest BCUT2D eigenvalue weighted by Gasteiger charge is -2.32. The second kappa shape index (κ2) is 8.90. The van der Waals surface area contributed by atoms with Crippen molar-refractivity contribution >= 4 is 27.5 Å². The van der Waals surface area contributed by atoms with Crippen molar-refractivity contribution in [1.29, 1.82) is 0 Å². The molecule has 1 amide bonds. The van der Waals surface area contributed by atoms with Crippen molar-refractivity contribution in [3.05, 3.63) is 35.9 Å². The number of piperidine rings is 1. The molecule has 1 heterocycles. The molecule has 4 nitrogen and oxygen atoms in total. The molecular formula is C18H27NO3S2. The van der Waals surface area contributed by atoms with Crippen LogP contribution in [0.2, 0.25) is 0 Å². The van der Waals surface area contributed by atoms with Crippen LogP contribution in [0, 0.1) is 5.92 Å². The van der Waals surface area contributed by atoms with E-state index in [1.807, 2.05) is 44.2 Å². The molecule has 0 aromatic heterocycles. The summed E-state index contributed by atoms with van der Waals surface area (Å²) in [5.74, 6) is 1.60. The van der Waals surface area contributed by atoms with Crippen LogP contribution in [0.3, 0.4) is 0 Å². The van der Waals surface area contributed by atoms with E-state index in [0.29, 0.717) is 25.3 Å². The third-order valence-corrected chi connectivity index (χ3v) is 7.66. The molecule has 2 rings (SSSR count). The number of carbonyl (C=O) groups is 1. The van der Waals surface area contributed by atoms with Gasteiger partial charge in [-0.15, -0.1) is 11.8 Å². The van der Waals surface area contributed by atoms with Crippen molar-refractivity contribution in [2.24, 2.45) is 5.92 Å². The van der Waals surface area contributed by atoms with E-state index >= 15 is 0 Å². The number of carbonyl (C=O) groups excluding carboxylic acids is 1. The zero-order valence-corrected chi connectivity index (χ0v) is 16.1. The van der Waals surface area contributed by atoms with Crippen LogP contribution < -0.4 is 0 Å². The summed E-state index contributed by atoms with van der Waals surface area (Å²) in [6.07, 6.45) is 1.45. The molecule has 0 saturated carbocycles. The minimum atomic E-state index is -3.11. The van der Waals surface area contributed by atoms with Crippen molar-refractivity contribution in [1.82, 2.24) is 4.90 Å². The fourth-order valence-electron chi connectivity index (χ4n) is 2.98. The average Bonchev–Trinajstić information content (AvgIpc) is 2.55. The second-order valence-corrected chi connectivity index (χ2v) is 10.1. The lowest BCUT2D eigenvalue weighted by Crippen LogP contribution is -2.46. The maximum absolute atomic E-state index is 12.4. The summed E-state index contributed by atoms with van der Waals surface area (Å²) in [4.78, 5) is 14.1. The summed E-state index contributed by atoms with van der Waals surface area (Å²) in [5.41, 5.74) is 1.20. The zero-order valence-electron chi connectivity index (χ0n) is 14.5. The van der Waals surface area contributed by atoms with Gasteiger partial charge in [0.05, 0.1) is 16.8 Å². The van der Waals surface area contributed by atoms with E-state index in [9.17, 15) is 13.2 Å². The number of benzene rings is 1. The number of nitrogens with zero attached hydrogens (tertiary/aromatic N) is 1. The molecule has 24 heavy (non-hydrogen) atoms. The average molecular weight is 370 g/mol. The van der Waals surface area contributed by atoms with Crippen LogP contribution in [0.15, 0.2) is 30.3 Å². The van der Waals surface area contributed by atoms with Gasteiger partial charge in [-0.25, -0.2) is 8.42 Å². The SMILES string of the molecule is CC(C)CS(=O)(=O)[C@@H]1CCCN(C(=O)CSCc2ccccc2)C1. The molecular weight excluding hydrogens is 342 g/mol. The van der Waals surface area contributed by atoms with Gasteiger partial charge in [0.15, 0.2) is 9.84 Å².